The molecule has 1 amide bonds. The molecule has 6 heteroatoms. The van der Waals surface area contributed by atoms with Crippen molar-refractivity contribution in [1.29, 1.82) is 0 Å². The molecule has 1 heterocycles. The number of amides is 1. The fraction of sp³-hybridized carbons (Fsp3) is 0.286. The summed E-state index contributed by atoms with van der Waals surface area (Å²) in [5.74, 6) is -0.674. The van der Waals surface area contributed by atoms with E-state index in [9.17, 15) is 9.18 Å². The lowest BCUT2D eigenvalue weighted by Gasteiger charge is -2.05. The van der Waals surface area contributed by atoms with E-state index in [0.717, 1.165) is 5.01 Å². The van der Waals surface area contributed by atoms with Crippen molar-refractivity contribution in [1.82, 2.24) is 10.3 Å². The number of nitrogens with zero attached hydrogens (tertiary/aromatic N) is 1. The van der Waals surface area contributed by atoms with Gasteiger partial charge in [-0.05, 0) is 13.0 Å². The Morgan fingerprint density at radius 3 is 2.90 bits per heavy atom. The van der Waals surface area contributed by atoms with E-state index >= 15 is 0 Å². The first-order chi connectivity index (χ1) is 9.63. The number of halogens is 1. The van der Waals surface area contributed by atoms with Crippen LogP contribution in [0.2, 0.25) is 0 Å². The third kappa shape index (κ3) is 3.20. The molecule has 0 aliphatic rings. The van der Waals surface area contributed by atoms with Gasteiger partial charge in [0, 0.05) is 19.2 Å². The largest absolute Gasteiger partial charge is 0.383 e. The second kappa shape index (κ2) is 6.58. The van der Waals surface area contributed by atoms with Crippen molar-refractivity contribution >= 4 is 17.2 Å². The Labute approximate surface area is 120 Å². The summed E-state index contributed by atoms with van der Waals surface area (Å²) < 4.78 is 18.7. The number of hydrogen-bond donors (Lipinski definition) is 1. The van der Waals surface area contributed by atoms with Gasteiger partial charge >= 0.3 is 0 Å². The van der Waals surface area contributed by atoms with Gasteiger partial charge in [0.25, 0.3) is 5.91 Å². The molecule has 0 aliphatic heterocycles. The van der Waals surface area contributed by atoms with Crippen LogP contribution in [-0.2, 0) is 4.74 Å². The van der Waals surface area contributed by atoms with Gasteiger partial charge in [-0.25, -0.2) is 9.37 Å². The van der Waals surface area contributed by atoms with E-state index in [1.165, 1.54) is 17.4 Å². The van der Waals surface area contributed by atoms with Crippen LogP contribution in [-0.4, -0.2) is 31.2 Å². The Bertz CT molecular complexity index is 613. The summed E-state index contributed by atoms with van der Waals surface area (Å²) in [6.07, 6.45) is 0. The summed E-state index contributed by atoms with van der Waals surface area (Å²) in [6.45, 7) is 2.60. The van der Waals surface area contributed by atoms with Crippen LogP contribution in [0.1, 0.15) is 15.5 Å². The zero-order valence-electron chi connectivity index (χ0n) is 11.3. The molecule has 0 bridgehead atoms. The maximum Gasteiger partial charge on any atom is 0.271 e. The average Bonchev–Trinajstić information content (AvgIpc) is 2.81. The molecule has 1 aromatic carbocycles. The number of ether oxygens (including phenoxy) is 1. The second-order valence-electron chi connectivity index (χ2n) is 4.14. The molecule has 0 spiro atoms. The van der Waals surface area contributed by atoms with E-state index in [4.69, 9.17) is 4.74 Å². The minimum Gasteiger partial charge on any atom is -0.383 e. The van der Waals surface area contributed by atoms with Gasteiger partial charge in [-0.1, -0.05) is 18.2 Å². The molecule has 0 saturated heterocycles. The van der Waals surface area contributed by atoms with Gasteiger partial charge in [0.15, 0.2) is 0 Å². The first-order valence-corrected chi connectivity index (χ1v) is 6.94. The lowest BCUT2D eigenvalue weighted by atomic mass is 10.1. The Kier molecular flexibility index (Phi) is 4.81. The summed E-state index contributed by atoms with van der Waals surface area (Å²) in [5, 5.41) is 3.42. The summed E-state index contributed by atoms with van der Waals surface area (Å²) in [6, 6.07) is 6.37. The molecule has 2 aromatic rings. The third-order valence-electron chi connectivity index (χ3n) is 2.66. The first kappa shape index (κ1) is 14.6. The molecule has 1 N–H and O–H groups in total. The molecule has 20 heavy (non-hydrogen) atoms. The number of aryl methyl sites for hydroxylation is 1. The van der Waals surface area contributed by atoms with Crippen LogP contribution in [0.15, 0.2) is 24.3 Å². The molecule has 106 valence electrons. The third-order valence-corrected chi connectivity index (χ3v) is 3.66. The van der Waals surface area contributed by atoms with Crippen molar-refractivity contribution in [2.75, 3.05) is 20.3 Å². The normalized spacial score (nSPS) is 10.6. The number of rotatable bonds is 5. The van der Waals surface area contributed by atoms with Gasteiger partial charge in [-0.2, -0.15) is 0 Å². The fourth-order valence-corrected chi connectivity index (χ4v) is 2.70. The van der Waals surface area contributed by atoms with Crippen LogP contribution in [0.25, 0.3) is 10.4 Å². The molecule has 4 nitrogen and oxygen atoms in total. The van der Waals surface area contributed by atoms with Crippen molar-refractivity contribution in [3.8, 4) is 10.4 Å². The zero-order chi connectivity index (χ0) is 14.5. The van der Waals surface area contributed by atoms with Gasteiger partial charge < -0.3 is 10.1 Å². The maximum absolute atomic E-state index is 13.9. The van der Waals surface area contributed by atoms with Crippen LogP contribution >= 0.6 is 11.3 Å². The molecule has 0 saturated carbocycles. The monoisotopic (exact) mass is 294 g/mol. The van der Waals surface area contributed by atoms with Crippen LogP contribution in [0.3, 0.4) is 0 Å². The molecule has 0 unspecified atom stereocenters. The fourth-order valence-electron chi connectivity index (χ4n) is 1.76. The average molecular weight is 294 g/mol. The highest BCUT2D eigenvalue weighted by Crippen LogP contribution is 2.31. The van der Waals surface area contributed by atoms with Gasteiger partial charge in [-0.3, -0.25) is 4.79 Å². The van der Waals surface area contributed by atoms with Crippen molar-refractivity contribution in [3.63, 3.8) is 0 Å². The van der Waals surface area contributed by atoms with Crippen LogP contribution < -0.4 is 5.32 Å². The molecular formula is C14H15FN2O2S. The second-order valence-corrected chi connectivity index (χ2v) is 5.34. The molecular weight excluding hydrogens is 279 g/mol. The zero-order valence-corrected chi connectivity index (χ0v) is 12.1. The quantitative estimate of drug-likeness (QED) is 0.863. The Morgan fingerprint density at radius 2 is 2.20 bits per heavy atom. The molecule has 0 fully saturated rings. The van der Waals surface area contributed by atoms with Crippen molar-refractivity contribution in [3.05, 3.63) is 40.8 Å². The van der Waals surface area contributed by atoms with Crippen LogP contribution in [0, 0.1) is 12.7 Å². The molecule has 0 atom stereocenters. The number of nitrogens with one attached hydrogen (secondary N) is 1. The van der Waals surface area contributed by atoms with E-state index < -0.39 is 0 Å². The Balaban J connectivity index is 2.31. The van der Waals surface area contributed by atoms with E-state index in [1.807, 2.05) is 0 Å². The van der Waals surface area contributed by atoms with Gasteiger partial charge in [0.2, 0.25) is 0 Å². The summed E-state index contributed by atoms with van der Waals surface area (Å²) in [7, 11) is 1.56. The minimum atomic E-state index is -0.359. The predicted molar refractivity (Wildman–Crippen MR) is 76.5 cm³/mol. The van der Waals surface area contributed by atoms with Crippen LogP contribution in [0.5, 0.6) is 0 Å². The topological polar surface area (TPSA) is 51.2 Å². The smallest absolute Gasteiger partial charge is 0.271 e. The van der Waals surface area contributed by atoms with Crippen LogP contribution in [0.4, 0.5) is 4.39 Å². The van der Waals surface area contributed by atoms with E-state index in [2.05, 4.69) is 10.3 Å². The molecule has 1 aromatic heterocycles. The number of hydrogen-bond acceptors (Lipinski definition) is 4. The number of carbonyl (C=O) groups excluding carboxylic acids is 1. The number of aromatic nitrogens is 1. The Morgan fingerprint density at radius 1 is 1.45 bits per heavy atom. The minimum absolute atomic E-state index is 0.258. The number of thiazole rings is 1. The summed E-state index contributed by atoms with van der Waals surface area (Å²) in [5.41, 5.74) is 0.656. The lowest BCUT2D eigenvalue weighted by Crippen LogP contribution is -2.27. The molecule has 0 radical (unpaired) electrons. The maximum atomic E-state index is 13.9. The standard InChI is InChI=1S/C14H15FN2O2S/c1-9-17-12(14(18)16-7-8-19-2)13(20-9)10-5-3-4-6-11(10)15/h3-6H,7-8H2,1-2H3,(H,16,18). The number of methoxy groups -OCH3 is 1. The first-order valence-electron chi connectivity index (χ1n) is 6.13. The van der Waals surface area contributed by atoms with Crippen molar-refractivity contribution in [2.45, 2.75) is 6.92 Å². The number of carbonyl (C=O) groups is 1. The predicted octanol–water partition coefficient (Wildman–Crippen LogP) is 2.63. The van der Waals surface area contributed by atoms with Gasteiger partial charge in [0.05, 0.1) is 16.5 Å². The highest BCUT2D eigenvalue weighted by molar-refractivity contribution is 7.15. The summed E-state index contributed by atoms with van der Waals surface area (Å²) in [4.78, 5) is 16.9. The van der Waals surface area contributed by atoms with Crippen molar-refractivity contribution < 1.29 is 13.9 Å². The number of benzene rings is 1. The van der Waals surface area contributed by atoms with E-state index in [0.29, 0.717) is 23.6 Å². The van der Waals surface area contributed by atoms with Gasteiger partial charge in [-0.15, -0.1) is 11.3 Å². The van der Waals surface area contributed by atoms with Crippen molar-refractivity contribution in [2.24, 2.45) is 0 Å². The van der Waals surface area contributed by atoms with E-state index in [-0.39, 0.29) is 17.4 Å². The highest BCUT2D eigenvalue weighted by Gasteiger charge is 2.19. The lowest BCUT2D eigenvalue weighted by molar-refractivity contribution is 0.0933. The SMILES string of the molecule is COCCNC(=O)c1nc(C)sc1-c1ccccc1F. The summed E-state index contributed by atoms with van der Waals surface area (Å²) >= 11 is 1.31. The molecule has 2 rings (SSSR count). The highest BCUT2D eigenvalue weighted by atomic mass is 32.1. The molecule has 0 aliphatic carbocycles. The Hall–Kier alpha value is -1.79. The van der Waals surface area contributed by atoms with Gasteiger partial charge in [0.1, 0.15) is 11.5 Å². The van der Waals surface area contributed by atoms with E-state index in [1.54, 1.807) is 32.2 Å².